The molecule has 212 valence electrons. The largest absolute Gasteiger partial charge is 0.393 e. The van der Waals surface area contributed by atoms with Crippen LogP contribution in [0.5, 0.6) is 0 Å². The molecule has 36 heavy (non-hydrogen) atoms. The Morgan fingerprint density at radius 2 is 1.47 bits per heavy atom. The number of aliphatic hydroxyl groups is 7. The second-order valence-electron chi connectivity index (χ2n) is 11.7. The first-order valence-corrected chi connectivity index (χ1v) is 13.1. The molecule has 0 bridgehead atoms. The van der Waals surface area contributed by atoms with E-state index >= 15 is 0 Å². The van der Waals surface area contributed by atoms with E-state index < -0.39 is 61.4 Å². The molecular weight excluding hydrogens is 476 g/mol. The highest BCUT2D eigenvalue weighted by atomic mass is 16.7. The molecule has 1 aliphatic carbocycles. The Bertz CT molecular complexity index is 691. The summed E-state index contributed by atoms with van der Waals surface area (Å²) in [5, 5.41) is 71.1. The van der Waals surface area contributed by atoms with Gasteiger partial charge in [0.1, 0.15) is 42.7 Å². The fourth-order valence-electron chi connectivity index (χ4n) is 6.07. The highest BCUT2D eigenvalue weighted by Crippen LogP contribution is 2.47. The van der Waals surface area contributed by atoms with Crippen molar-refractivity contribution in [3.8, 4) is 0 Å². The Morgan fingerprint density at radius 3 is 2.08 bits per heavy atom. The number of ether oxygens (including phenoxy) is 4. The van der Waals surface area contributed by atoms with Crippen molar-refractivity contribution in [1.29, 1.82) is 0 Å². The second kappa shape index (κ2) is 12.2. The van der Waals surface area contributed by atoms with Crippen LogP contribution in [-0.2, 0) is 18.9 Å². The molecule has 0 aromatic carbocycles. The van der Waals surface area contributed by atoms with Crippen LogP contribution in [-0.4, -0.2) is 116 Å². The molecule has 2 saturated heterocycles. The summed E-state index contributed by atoms with van der Waals surface area (Å²) in [6, 6.07) is 0. The molecule has 0 aromatic rings. The summed E-state index contributed by atoms with van der Waals surface area (Å²) in [7, 11) is 0. The quantitative estimate of drug-likeness (QED) is 0.213. The van der Waals surface area contributed by atoms with Crippen LogP contribution < -0.4 is 0 Å². The molecular formula is C25H46O11. The van der Waals surface area contributed by atoms with E-state index in [-0.39, 0.29) is 24.2 Å². The lowest BCUT2D eigenvalue weighted by Crippen LogP contribution is -2.61. The summed E-state index contributed by atoms with van der Waals surface area (Å²) in [5.41, 5.74) is -0.0754. The van der Waals surface area contributed by atoms with Crippen molar-refractivity contribution in [2.24, 2.45) is 17.3 Å². The molecule has 2 heterocycles. The lowest BCUT2D eigenvalue weighted by atomic mass is 9.61. The van der Waals surface area contributed by atoms with E-state index in [9.17, 15) is 35.7 Å². The molecule has 11 nitrogen and oxygen atoms in total. The van der Waals surface area contributed by atoms with Crippen molar-refractivity contribution in [2.75, 3.05) is 6.61 Å². The van der Waals surface area contributed by atoms with Crippen molar-refractivity contribution in [1.82, 2.24) is 0 Å². The topological polar surface area (TPSA) is 179 Å². The Labute approximate surface area is 212 Å². The molecule has 7 N–H and O–H groups in total. The maximum absolute atomic E-state index is 10.6. The van der Waals surface area contributed by atoms with Crippen molar-refractivity contribution in [3.63, 3.8) is 0 Å². The number of hydrogen-bond donors (Lipinski definition) is 7. The summed E-state index contributed by atoms with van der Waals surface area (Å²) in [4.78, 5) is 0. The van der Waals surface area contributed by atoms with Crippen LogP contribution >= 0.6 is 0 Å². The summed E-state index contributed by atoms with van der Waals surface area (Å²) >= 11 is 0. The number of hydrogen-bond acceptors (Lipinski definition) is 11. The third kappa shape index (κ3) is 6.76. The van der Waals surface area contributed by atoms with Gasteiger partial charge in [-0.3, -0.25) is 0 Å². The van der Waals surface area contributed by atoms with Gasteiger partial charge in [-0.05, 0) is 56.8 Å². The number of rotatable bonds is 8. The maximum Gasteiger partial charge on any atom is 0.186 e. The van der Waals surface area contributed by atoms with E-state index in [0.29, 0.717) is 18.3 Å². The molecule has 3 rings (SSSR count). The van der Waals surface area contributed by atoms with Gasteiger partial charge in [-0.15, -0.1) is 0 Å². The third-order valence-corrected chi connectivity index (χ3v) is 8.20. The minimum Gasteiger partial charge on any atom is -0.393 e. The van der Waals surface area contributed by atoms with E-state index in [1.165, 1.54) is 6.92 Å². The average molecular weight is 523 g/mol. The van der Waals surface area contributed by atoms with E-state index in [2.05, 4.69) is 20.8 Å². The summed E-state index contributed by atoms with van der Waals surface area (Å²) in [6.45, 7) is 9.48. The van der Waals surface area contributed by atoms with Crippen molar-refractivity contribution in [2.45, 2.75) is 134 Å². The molecule has 0 spiro atoms. The summed E-state index contributed by atoms with van der Waals surface area (Å²) < 4.78 is 22.9. The minimum absolute atomic E-state index is 0.0754. The lowest BCUT2D eigenvalue weighted by molar-refractivity contribution is -0.336. The lowest BCUT2D eigenvalue weighted by Gasteiger charge is -2.48. The van der Waals surface area contributed by atoms with E-state index in [1.54, 1.807) is 6.92 Å². The zero-order valence-corrected chi connectivity index (χ0v) is 21.9. The van der Waals surface area contributed by atoms with Gasteiger partial charge in [0.2, 0.25) is 0 Å². The molecule has 2 aliphatic heterocycles. The molecule has 14 atom stereocenters. The van der Waals surface area contributed by atoms with Crippen LogP contribution in [0.3, 0.4) is 0 Å². The molecule has 0 radical (unpaired) electrons. The van der Waals surface area contributed by atoms with Gasteiger partial charge < -0.3 is 54.7 Å². The van der Waals surface area contributed by atoms with Crippen LogP contribution in [0, 0.1) is 17.3 Å². The minimum atomic E-state index is -1.55. The Kier molecular flexibility index (Phi) is 10.2. The van der Waals surface area contributed by atoms with Crippen LogP contribution in [0.25, 0.3) is 0 Å². The van der Waals surface area contributed by atoms with Gasteiger partial charge in [-0.1, -0.05) is 20.8 Å². The van der Waals surface area contributed by atoms with Crippen LogP contribution in [0.15, 0.2) is 0 Å². The molecule has 0 aromatic heterocycles. The molecule has 11 heteroatoms. The fourth-order valence-corrected chi connectivity index (χ4v) is 6.07. The maximum atomic E-state index is 10.6. The van der Waals surface area contributed by atoms with Gasteiger partial charge in [0, 0.05) is 0 Å². The number of aliphatic hydroxyl groups excluding tert-OH is 7. The first-order chi connectivity index (χ1) is 16.7. The van der Waals surface area contributed by atoms with Gasteiger partial charge in [-0.25, -0.2) is 0 Å². The smallest absolute Gasteiger partial charge is 0.186 e. The van der Waals surface area contributed by atoms with Gasteiger partial charge in [0.15, 0.2) is 12.6 Å². The SMILES string of the molecule is C[C@@H]1C[C@H](O[C@@H]2O[C@H](CO[C@@H]3O[C@@H](C)[C@H](O)[C@@H](O)[C@H]3O)[C@@H](O)[C@H](O)C2O)CC(C)(C)[C@H]1CC[C@@H](C)O. The standard InChI is InChI=1S/C25H46O11/c1-11-8-14(9-25(4,5)15(11)7-6-12(2)26)35-24-22(32)20(30)18(28)16(36-24)10-33-23-21(31)19(29)17(27)13(3)34-23/h11-24,26-32H,6-10H2,1-5H3/t11-,12-,13+,14+,15+,16-,17+,18-,19-,20+,21-,22?,23-,24-/m1/s1. The van der Waals surface area contributed by atoms with Crippen molar-refractivity contribution >= 4 is 0 Å². The van der Waals surface area contributed by atoms with Crippen LogP contribution in [0.4, 0.5) is 0 Å². The molecule has 1 saturated carbocycles. The second-order valence-corrected chi connectivity index (χ2v) is 11.7. The van der Waals surface area contributed by atoms with E-state index in [4.69, 9.17) is 18.9 Å². The van der Waals surface area contributed by atoms with Gasteiger partial charge >= 0.3 is 0 Å². The molecule has 3 aliphatic rings. The van der Waals surface area contributed by atoms with Crippen LogP contribution in [0.1, 0.15) is 60.3 Å². The van der Waals surface area contributed by atoms with Crippen molar-refractivity contribution in [3.05, 3.63) is 0 Å². The van der Waals surface area contributed by atoms with E-state index in [0.717, 1.165) is 19.3 Å². The zero-order valence-electron chi connectivity index (χ0n) is 21.9. The summed E-state index contributed by atoms with van der Waals surface area (Å²) in [6.07, 6.45) is -10.7. The molecule has 3 fully saturated rings. The molecule has 1 unspecified atom stereocenters. The highest BCUT2D eigenvalue weighted by molar-refractivity contribution is 4.94. The Balaban J connectivity index is 1.60. The van der Waals surface area contributed by atoms with Crippen LogP contribution in [0.2, 0.25) is 0 Å². The average Bonchev–Trinajstić information content (AvgIpc) is 2.79. The Morgan fingerprint density at radius 1 is 0.861 bits per heavy atom. The van der Waals surface area contributed by atoms with Gasteiger partial charge in [-0.2, -0.15) is 0 Å². The molecule has 0 amide bonds. The van der Waals surface area contributed by atoms with Gasteiger partial charge in [0.25, 0.3) is 0 Å². The fraction of sp³-hybridized carbons (Fsp3) is 1.00. The highest BCUT2D eigenvalue weighted by Gasteiger charge is 2.49. The predicted octanol–water partition coefficient (Wildman–Crippen LogP) is -0.743. The monoisotopic (exact) mass is 522 g/mol. The first-order valence-electron chi connectivity index (χ1n) is 13.1. The van der Waals surface area contributed by atoms with E-state index in [1.807, 2.05) is 0 Å². The third-order valence-electron chi connectivity index (χ3n) is 8.20. The van der Waals surface area contributed by atoms with Gasteiger partial charge in [0.05, 0.1) is 24.9 Å². The zero-order chi connectivity index (χ0) is 26.9. The Hall–Kier alpha value is -0.440. The normalized spacial score (nSPS) is 48.5. The summed E-state index contributed by atoms with van der Waals surface area (Å²) in [5.74, 6) is 0.706. The first kappa shape index (κ1) is 30.1. The predicted molar refractivity (Wildman–Crippen MR) is 126 cm³/mol. The van der Waals surface area contributed by atoms with Crippen molar-refractivity contribution < 1.29 is 54.7 Å².